The first-order valence-electron chi connectivity index (χ1n) is 8.75. The van der Waals surface area contributed by atoms with Crippen molar-refractivity contribution in [2.75, 3.05) is 0 Å². The molecule has 134 valence electrons. The van der Waals surface area contributed by atoms with Crippen LogP contribution in [0.1, 0.15) is 53.4 Å². The monoisotopic (exact) mass is 338 g/mol. The molecule has 2 rings (SSSR count). The van der Waals surface area contributed by atoms with Crippen LogP contribution in [-0.2, 0) is 28.7 Å². The molecule has 0 saturated carbocycles. The zero-order valence-corrected chi connectivity index (χ0v) is 14.7. The van der Waals surface area contributed by atoms with E-state index in [0.29, 0.717) is 25.7 Å². The number of hydrogen-bond acceptors (Lipinski definition) is 6. The van der Waals surface area contributed by atoms with Crippen LogP contribution in [0.2, 0.25) is 0 Å². The van der Waals surface area contributed by atoms with Crippen molar-refractivity contribution in [3.05, 3.63) is 0 Å². The van der Waals surface area contributed by atoms with E-state index in [9.17, 15) is 19.2 Å². The summed E-state index contributed by atoms with van der Waals surface area (Å²) >= 11 is 0. The van der Waals surface area contributed by atoms with Crippen LogP contribution < -0.4 is 0 Å². The van der Waals surface area contributed by atoms with Crippen molar-refractivity contribution in [2.24, 2.45) is 35.5 Å². The minimum absolute atomic E-state index is 0.0145. The van der Waals surface area contributed by atoms with Gasteiger partial charge in [0.2, 0.25) is 0 Å². The van der Waals surface area contributed by atoms with E-state index in [4.69, 9.17) is 9.47 Å². The minimum Gasteiger partial charge on any atom is -0.393 e. The van der Waals surface area contributed by atoms with Crippen molar-refractivity contribution in [3.8, 4) is 0 Å². The summed E-state index contributed by atoms with van der Waals surface area (Å²) in [7, 11) is 0. The SMILES string of the molecule is CCC1C(=O)OC(=O)C1CC(C)CC1C(=O)OC(=O)C1CC(C)C. The van der Waals surface area contributed by atoms with Crippen molar-refractivity contribution in [2.45, 2.75) is 53.4 Å². The molecule has 6 heteroatoms. The molecule has 0 bridgehead atoms. The Bertz CT molecular complexity index is 538. The zero-order valence-electron chi connectivity index (χ0n) is 14.7. The minimum atomic E-state index is -0.470. The molecule has 0 radical (unpaired) electrons. The van der Waals surface area contributed by atoms with Crippen molar-refractivity contribution in [3.63, 3.8) is 0 Å². The van der Waals surface area contributed by atoms with E-state index in [1.54, 1.807) is 0 Å². The van der Waals surface area contributed by atoms with Gasteiger partial charge in [0.15, 0.2) is 0 Å². The molecule has 0 aliphatic carbocycles. The van der Waals surface area contributed by atoms with Gasteiger partial charge in [-0.1, -0.05) is 27.7 Å². The van der Waals surface area contributed by atoms with E-state index >= 15 is 0 Å². The lowest BCUT2D eigenvalue weighted by Gasteiger charge is -2.21. The second-order valence-electron chi connectivity index (χ2n) is 7.52. The van der Waals surface area contributed by atoms with E-state index in [1.165, 1.54) is 0 Å². The van der Waals surface area contributed by atoms with Gasteiger partial charge in [-0.2, -0.15) is 0 Å². The van der Waals surface area contributed by atoms with Gasteiger partial charge in [0.05, 0.1) is 23.7 Å². The largest absolute Gasteiger partial charge is 0.393 e. The van der Waals surface area contributed by atoms with Crippen molar-refractivity contribution in [1.29, 1.82) is 0 Å². The van der Waals surface area contributed by atoms with Crippen molar-refractivity contribution in [1.82, 2.24) is 0 Å². The molecule has 2 aliphatic rings. The van der Waals surface area contributed by atoms with Gasteiger partial charge in [0, 0.05) is 0 Å². The second-order valence-corrected chi connectivity index (χ2v) is 7.52. The standard InChI is InChI=1S/C18H26O6/c1-5-11-13(17(21)23-15(11)19)7-10(4)8-14-12(6-9(2)3)16(20)24-18(14)22/h9-14H,5-8H2,1-4H3. The molecule has 2 saturated heterocycles. The van der Waals surface area contributed by atoms with Gasteiger partial charge in [-0.15, -0.1) is 0 Å². The lowest BCUT2D eigenvalue weighted by Crippen LogP contribution is -2.25. The van der Waals surface area contributed by atoms with Crippen LogP contribution in [0.25, 0.3) is 0 Å². The maximum Gasteiger partial charge on any atom is 0.317 e. The highest BCUT2D eigenvalue weighted by molar-refractivity contribution is 5.97. The van der Waals surface area contributed by atoms with Gasteiger partial charge in [0.1, 0.15) is 0 Å². The molecule has 0 N–H and O–H groups in total. The number of carbonyl (C=O) groups excluding carboxylic acids is 4. The number of hydrogen-bond donors (Lipinski definition) is 0. The second kappa shape index (κ2) is 7.45. The highest BCUT2D eigenvalue weighted by Gasteiger charge is 2.47. The van der Waals surface area contributed by atoms with Crippen LogP contribution in [-0.4, -0.2) is 23.9 Å². The maximum atomic E-state index is 12.0. The van der Waals surface area contributed by atoms with Crippen molar-refractivity contribution >= 4 is 23.9 Å². The summed E-state index contributed by atoms with van der Waals surface area (Å²) in [5, 5.41) is 0. The van der Waals surface area contributed by atoms with Crippen LogP contribution in [0.4, 0.5) is 0 Å². The first-order valence-corrected chi connectivity index (χ1v) is 8.75. The molecule has 2 heterocycles. The summed E-state index contributed by atoms with van der Waals surface area (Å²) < 4.78 is 9.55. The van der Waals surface area contributed by atoms with Crippen LogP contribution in [0, 0.1) is 35.5 Å². The normalized spacial score (nSPS) is 31.5. The Hall–Kier alpha value is -1.72. The van der Waals surface area contributed by atoms with Gasteiger partial charge in [-0.25, -0.2) is 0 Å². The summed E-state index contributed by atoms with van der Waals surface area (Å²) in [5.41, 5.74) is 0. The third kappa shape index (κ3) is 3.84. The van der Waals surface area contributed by atoms with Crippen molar-refractivity contribution < 1.29 is 28.7 Å². The average Bonchev–Trinajstić information content (AvgIpc) is 2.88. The third-order valence-corrected chi connectivity index (χ3v) is 5.06. The van der Waals surface area contributed by atoms with Crippen LogP contribution in [0.5, 0.6) is 0 Å². The zero-order chi connectivity index (χ0) is 18.0. The highest BCUT2D eigenvalue weighted by atomic mass is 16.6. The number of cyclic esters (lactones) is 4. The summed E-state index contributed by atoms with van der Waals surface area (Å²) in [5.74, 6) is -3.23. The summed E-state index contributed by atoms with van der Waals surface area (Å²) in [6.07, 6.45) is 2.14. The Labute approximate surface area is 142 Å². The maximum absolute atomic E-state index is 12.0. The Balaban J connectivity index is 2.01. The smallest absolute Gasteiger partial charge is 0.317 e. The fraction of sp³-hybridized carbons (Fsp3) is 0.778. The van der Waals surface area contributed by atoms with Gasteiger partial charge in [-0.3, -0.25) is 19.2 Å². The van der Waals surface area contributed by atoms with E-state index in [2.05, 4.69) is 0 Å². The molecule has 0 spiro atoms. The topological polar surface area (TPSA) is 86.7 Å². The first-order chi connectivity index (χ1) is 11.2. The van der Waals surface area contributed by atoms with E-state index in [1.807, 2.05) is 27.7 Å². The molecule has 5 atom stereocenters. The Morgan fingerprint density at radius 3 is 1.50 bits per heavy atom. The predicted octanol–water partition coefficient (Wildman–Crippen LogP) is 2.49. The molecule has 0 aromatic rings. The summed E-state index contributed by atoms with van der Waals surface area (Å²) in [6, 6.07) is 0. The van der Waals surface area contributed by atoms with E-state index in [-0.39, 0.29) is 11.8 Å². The lowest BCUT2D eigenvalue weighted by molar-refractivity contribution is -0.155. The number of ether oxygens (including phenoxy) is 2. The van der Waals surface area contributed by atoms with Crippen LogP contribution in [0.3, 0.4) is 0 Å². The molecule has 24 heavy (non-hydrogen) atoms. The average molecular weight is 338 g/mol. The third-order valence-electron chi connectivity index (χ3n) is 5.06. The molecule has 0 aromatic heterocycles. The Kier molecular flexibility index (Phi) is 5.78. The lowest BCUT2D eigenvalue weighted by atomic mass is 9.78. The van der Waals surface area contributed by atoms with E-state index < -0.39 is 47.5 Å². The van der Waals surface area contributed by atoms with Gasteiger partial charge in [-0.05, 0) is 37.5 Å². The fourth-order valence-electron chi connectivity index (χ4n) is 3.86. The van der Waals surface area contributed by atoms with Gasteiger partial charge < -0.3 is 9.47 Å². The highest BCUT2D eigenvalue weighted by Crippen LogP contribution is 2.38. The molecule has 6 nitrogen and oxygen atoms in total. The fourth-order valence-corrected chi connectivity index (χ4v) is 3.86. The summed E-state index contributed by atoms with van der Waals surface area (Å²) in [4.78, 5) is 47.4. The molecule has 5 unspecified atom stereocenters. The predicted molar refractivity (Wildman–Crippen MR) is 84.3 cm³/mol. The number of rotatable bonds is 7. The molecule has 0 aromatic carbocycles. The Morgan fingerprint density at radius 1 is 0.708 bits per heavy atom. The van der Waals surface area contributed by atoms with Crippen LogP contribution in [0.15, 0.2) is 0 Å². The Morgan fingerprint density at radius 2 is 1.08 bits per heavy atom. The molecule has 2 aliphatic heterocycles. The molecule has 0 amide bonds. The number of carbonyl (C=O) groups is 4. The quantitative estimate of drug-likeness (QED) is 0.523. The number of esters is 4. The summed E-state index contributed by atoms with van der Waals surface area (Å²) in [6.45, 7) is 7.80. The molecular weight excluding hydrogens is 312 g/mol. The first kappa shape index (κ1) is 18.6. The molecule has 2 fully saturated rings. The van der Waals surface area contributed by atoms with Gasteiger partial charge >= 0.3 is 23.9 Å². The van der Waals surface area contributed by atoms with E-state index in [0.717, 1.165) is 0 Å². The molecular formula is C18H26O6. The van der Waals surface area contributed by atoms with Crippen LogP contribution >= 0.6 is 0 Å². The van der Waals surface area contributed by atoms with Gasteiger partial charge in [0.25, 0.3) is 0 Å².